The number of hydrogen-bond donors (Lipinski definition) is 2. The van der Waals surface area contributed by atoms with Crippen LogP contribution >= 0.6 is 0 Å². The minimum absolute atomic E-state index is 0.125. The number of aliphatic carboxylic acids is 1. The van der Waals surface area contributed by atoms with Gasteiger partial charge in [-0.05, 0) is 25.5 Å². The maximum atomic E-state index is 12.7. The Morgan fingerprint density at radius 3 is 2.45 bits per heavy atom. The molecular weight excluding hydrogens is 277 g/mol. The molecule has 1 amide bonds. The lowest BCUT2D eigenvalue weighted by atomic mass is 10.0. The fourth-order valence-electron chi connectivity index (χ4n) is 1.37. The molecule has 20 heavy (non-hydrogen) atoms. The first-order chi connectivity index (χ1) is 9.17. The Hall–Kier alpha value is -2.12. The van der Waals surface area contributed by atoms with Crippen molar-refractivity contribution >= 4 is 11.9 Å². The highest BCUT2D eigenvalue weighted by Gasteiger charge is 2.58. The molecule has 1 rings (SSSR count). The summed E-state index contributed by atoms with van der Waals surface area (Å²) in [6, 6.07) is 4.96. The van der Waals surface area contributed by atoms with Crippen molar-refractivity contribution in [2.45, 2.75) is 31.5 Å². The van der Waals surface area contributed by atoms with Gasteiger partial charge >= 0.3 is 12.1 Å². The molecule has 0 saturated carbocycles. The molecule has 1 unspecified atom stereocenters. The molecule has 2 N–H and O–H groups in total. The maximum Gasteiger partial charge on any atom is 0.422 e. The van der Waals surface area contributed by atoms with E-state index in [9.17, 15) is 22.8 Å². The van der Waals surface area contributed by atoms with Gasteiger partial charge in [-0.25, -0.2) is 4.79 Å². The van der Waals surface area contributed by atoms with E-state index in [1.54, 1.807) is 18.2 Å². The lowest BCUT2D eigenvalue weighted by Crippen LogP contribution is -2.61. The first-order valence-electron chi connectivity index (χ1n) is 5.68. The number of carbonyl (C=O) groups excluding carboxylic acids is 1. The van der Waals surface area contributed by atoms with Gasteiger partial charge in [0.05, 0.1) is 0 Å². The number of hydrogen-bond acceptors (Lipinski definition) is 3. The molecule has 1 atom stereocenters. The van der Waals surface area contributed by atoms with Gasteiger partial charge in [0.25, 0.3) is 0 Å². The number of rotatable bonds is 5. The van der Waals surface area contributed by atoms with Crippen molar-refractivity contribution in [1.82, 2.24) is 10.3 Å². The smallest absolute Gasteiger partial charge is 0.422 e. The second-order valence-electron chi connectivity index (χ2n) is 4.30. The predicted octanol–water partition coefficient (Wildman–Crippen LogP) is 1.54. The highest BCUT2D eigenvalue weighted by molar-refractivity contribution is 5.87. The van der Waals surface area contributed by atoms with Crippen LogP contribution in [0.25, 0.3) is 0 Å². The van der Waals surface area contributed by atoms with Crippen LogP contribution in [0.15, 0.2) is 24.4 Å². The number of amides is 1. The Labute approximate surface area is 112 Å². The van der Waals surface area contributed by atoms with E-state index in [0.717, 1.165) is 0 Å². The van der Waals surface area contributed by atoms with Crippen LogP contribution in [0, 0.1) is 0 Å². The molecule has 0 radical (unpaired) electrons. The Morgan fingerprint density at radius 1 is 1.35 bits per heavy atom. The first kappa shape index (κ1) is 15.9. The second-order valence-corrected chi connectivity index (χ2v) is 4.30. The molecule has 1 aromatic heterocycles. The number of alkyl halides is 3. The largest absolute Gasteiger partial charge is 0.479 e. The topological polar surface area (TPSA) is 79.3 Å². The van der Waals surface area contributed by atoms with Crippen molar-refractivity contribution in [3.63, 3.8) is 0 Å². The van der Waals surface area contributed by atoms with E-state index >= 15 is 0 Å². The fraction of sp³-hybridized carbons (Fsp3) is 0.417. The summed E-state index contributed by atoms with van der Waals surface area (Å²) in [5, 5.41) is 10.2. The summed E-state index contributed by atoms with van der Waals surface area (Å²) in [5.41, 5.74) is -2.76. The van der Waals surface area contributed by atoms with E-state index in [2.05, 4.69) is 4.98 Å². The average Bonchev–Trinajstić information content (AvgIpc) is 2.36. The van der Waals surface area contributed by atoms with Crippen LogP contribution in [0.3, 0.4) is 0 Å². The summed E-state index contributed by atoms with van der Waals surface area (Å²) in [7, 11) is 0. The number of pyridine rings is 1. The molecular formula is C12H13F3N2O3. The number of nitrogens with one attached hydrogen (secondary N) is 1. The molecule has 1 aromatic rings. The van der Waals surface area contributed by atoms with Crippen LogP contribution in [0.1, 0.15) is 19.0 Å². The normalized spacial score (nSPS) is 14.4. The van der Waals surface area contributed by atoms with E-state index in [1.165, 1.54) is 11.5 Å². The zero-order valence-corrected chi connectivity index (χ0v) is 10.6. The van der Waals surface area contributed by atoms with Crippen molar-refractivity contribution in [3.8, 4) is 0 Å². The summed E-state index contributed by atoms with van der Waals surface area (Å²) in [5.74, 6) is -3.16. The van der Waals surface area contributed by atoms with Crippen LogP contribution in [-0.2, 0) is 16.0 Å². The van der Waals surface area contributed by atoms with Gasteiger partial charge in [0.15, 0.2) is 0 Å². The second kappa shape index (κ2) is 5.89. The molecule has 1 heterocycles. The third-order valence-electron chi connectivity index (χ3n) is 2.72. The van der Waals surface area contributed by atoms with E-state index in [0.29, 0.717) is 12.6 Å². The van der Waals surface area contributed by atoms with Gasteiger partial charge in [-0.2, -0.15) is 13.2 Å². The fourth-order valence-corrected chi connectivity index (χ4v) is 1.37. The third kappa shape index (κ3) is 3.69. The van der Waals surface area contributed by atoms with Gasteiger partial charge in [0.2, 0.25) is 11.4 Å². The number of aromatic nitrogens is 1. The molecule has 0 aliphatic heterocycles. The highest BCUT2D eigenvalue weighted by Crippen LogP contribution is 2.30. The molecule has 0 spiro atoms. The van der Waals surface area contributed by atoms with Crippen LogP contribution < -0.4 is 5.32 Å². The highest BCUT2D eigenvalue weighted by atomic mass is 19.4. The van der Waals surface area contributed by atoms with Crippen molar-refractivity contribution in [3.05, 3.63) is 30.1 Å². The van der Waals surface area contributed by atoms with Crippen LogP contribution in [0.4, 0.5) is 13.2 Å². The van der Waals surface area contributed by atoms with E-state index in [4.69, 9.17) is 5.11 Å². The van der Waals surface area contributed by atoms with Crippen molar-refractivity contribution in [1.29, 1.82) is 0 Å². The number of carbonyl (C=O) groups is 2. The molecule has 0 fully saturated rings. The molecule has 110 valence electrons. The predicted molar refractivity (Wildman–Crippen MR) is 62.8 cm³/mol. The molecule has 0 bridgehead atoms. The number of nitrogens with zero attached hydrogens (tertiary/aromatic N) is 1. The summed E-state index contributed by atoms with van der Waals surface area (Å²) < 4.78 is 38.0. The van der Waals surface area contributed by atoms with E-state index in [-0.39, 0.29) is 12.8 Å². The molecule has 0 saturated heterocycles. The van der Waals surface area contributed by atoms with Crippen molar-refractivity contribution in [2.75, 3.05) is 0 Å². The Bertz CT molecular complexity index is 490. The van der Waals surface area contributed by atoms with Gasteiger partial charge in [-0.15, -0.1) is 0 Å². The average molecular weight is 290 g/mol. The van der Waals surface area contributed by atoms with Gasteiger partial charge in [0, 0.05) is 18.3 Å². The monoisotopic (exact) mass is 290 g/mol. The number of halogens is 3. The van der Waals surface area contributed by atoms with Gasteiger partial charge in [-0.1, -0.05) is 6.07 Å². The van der Waals surface area contributed by atoms with Crippen LogP contribution in [0.2, 0.25) is 0 Å². The Kier molecular flexibility index (Phi) is 4.69. The minimum atomic E-state index is -5.08. The SMILES string of the molecule is CC(NC(=O)CCc1ccccn1)(C(=O)O)C(F)(F)F. The number of carboxylic acids is 1. The Balaban J connectivity index is 2.67. The summed E-state index contributed by atoms with van der Waals surface area (Å²) in [4.78, 5) is 26.1. The van der Waals surface area contributed by atoms with Crippen molar-refractivity contribution in [2.24, 2.45) is 0 Å². The van der Waals surface area contributed by atoms with Crippen LogP contribution in [-0.4, -0.2) is 33.7 Å². The zero-order valence-electron chi connectivity index (χ0n) is 10.6. The maximum absolute atomic E-state index is 12.7. The molecule has 0 aliphatic carbocycles. The van der Waals surface area contributed by atoms with E-state index < -0.39 is 23.6 Å². The standard InChI is InChI=1S/C12H13F3N2O3/c1-11(10(19)20,12(13,14)15)17-9(18)6-5-8-4-2-3-7-16-8/h2-4,7H,5-6H2,1H3,(H,17,18)(H,19,20). The molecule has 8 heteroatoms. The quantitative estimate of drug-likeness (QED) is 0.862. The number of aryl methyl sites for hydroxylation is 1. The van der Waals surface area contributed by atoms with Gasteiger partial charge in [0.1, 0.15) is 0 Å². The van der Waals surface area contributed by atoms with Gasteiger partial charge in [-0.3, -0.25) is 9.78 Å². The third-order valence-corrected chi connectivity index (χ3v) is 2.72. The first-order valence-corrected chi connectivity index (χ1v) is 5.68. The lowest BCUT2D eigenvalue weighted by Gasteiger charge is -2.28. The summed E-state index contributed by atoms with van der Waals surface area (Å²) in [6.07, 6.45) is -3.75. The summed E-state index contributed by atoms with van der Waals surface area (Å²) >= 11 is 0. The molecule has 0 aromatic carbocycles. The Morgan fingerprint density at radius 2 is 2.00 bits per heavy atom. The molecule has 5 nitrogen and oxygen atoms in total. The zero-order chi connectivity index (χ0) is 15.4. The van der Waals surface area contributed by atoms with Crippen molar-refractivity contribution < 1.29 is 27.9 Å². The lowest BCUT2D eigenvalue weighted by molar-refractivity contribution is -0.207. The minimum Gasteiger partial charge on any atom is -0.479 e. The van der Waals surface area contributed by atoms with Gasteiger partial charge < -0.3 is 10.4 Å². The van der Waals surface area contributed by atoms with Crippen LogP contribution in [0.5, 0.6) is 0 Å². The van der Waals surface area contributed by atoms with E-state index in [1.807, 2.05) is 0 Å². The number of carboxylic acid groups (broad SMARTS) is 1. The summed E-state index contributed by atoms with van der Waals surface area (Å²) in [6.45, 7) is 0.411. The molecule has 0 aliphatic rings.